The molecule has 39 heavy (non-hydrogen) atoms. The summed E-state index contributed by atoms with van der Waals surface area (Å²) in [4.78, 5) is 11.5. The third-order valence-electron chi connectivity index (χ3n) is 8.46. The Hall–Kier alpha value is -3.60. The van der Waals surface area contributed by atoms with E-state index in [0.29, 0.717) is 29.8 Å². The van der Waals surface area contributed by atoms with Crippen molar-refractivity contribution in [2.45, 2.75) is 59.0 Å². The van der Waals surface area contributed by atoms with Crippen LogP contribution in [0.4, 0.5) is 4.39 Å². The molecule has 3 aromatic rings. The van der Waals surface area contributed by atoms with Crippen molar-refractivity contribution in [3.8, 4) is 22.6 Å². The van der Waals surface area contributed by atoms with E-state index in [4.69, 9.17) is 9.47 Å². The minimum absolute atomic E-state index is 0.00114. The van der Waals surface area contributed by atoms with Crippen LogP contribution in [0.15, 0.2) is 66.7 Å². The molecule has 3 aromatic carbocycles. The van der Waals surface area contributed by atoms with Crippen molar-refractivity contribution < 1.29 is 23.8 Å². The monoisotopic (exact) mass is 528 g/mol. The highest BCUT2D eigenvalue weighted by molar-refractivity contribution is 5.85. The largest absolute Gasteiger partial charge is 0.497 e. The van der Waals surface area contributed by atoms with Crippen molar-refractivity contribution in [2.75, 3.05) is 7.11 Å². The van der Waals surface area contributed by atoms with Crippen molar-refractivity contribution in [3.63, 3.8) is 0 Å². The summed E-state index contributed by atoms with van der Waals surface area (Å²) >= 11 is 0. The molecule has 0 heterocycles. The normalized spacial score (nSPS) is 20.3. The lowest BCUT2D eigenvalue weighted by molar-refractivity contribution is -0.137. The SMILES string of the molecule is COc1ccc(F)c(-c2ccc(COc3cccc([C@H](CC(=O)O)[C@@H]4C[C@@H]4C)c3)cc2C2=CCCC2(C)C)c1. The van der Waals surface area contributed by atoms with Crippen LogP contribution in [0.1, 0.15) is 69.1 Å². The van der Waals surface area contributed by atoms with Gasteiger partial charge in [-0.3, -0.25) is 4.79 Å². The zero-order valence-electron chi connectivity index (χ0n) is 23.2. The fourth-order valence-corrected chi connectivity index (χ4v) is 6.06. The number of hydrogen-bond acceptors (Lipinski definition) is 3. The lowest BCUT2D eigenvalue weighted by Crippen LogP contribution is -2.11. The second-order valence-electron chi connectivity index (χ2n) is 11.7. The van der Waals surface area contributed by atoms with Gasteiger partial charge in [-0.15, -0.1) is 0 Å². The Balaban J connectivity index is 1.44. The molecule has 5 heteroatoms. The van der Waals surface area contributed by atoms with Gasteiger partial charge in [0, 0.05) is 5.56 Å². The van der Waals surface area contributed by atoms with E-state index in [1.807, 2.05) is 36.4 Å². The summed E-state index contributed by atoms with van der Waals surface area (Å²) in [5, 5.41) is 9.47. The van der Waals surface area contributed by atoms with Gasteiger partial charge in [0.05, 0.1) is 13.5 Å². The average molecular weight is 529 g/mol. The van der Waals surface area contributed by atoms with Gasteiger partial charge in [-0.2, -0.15) is 0 Å². The van der Waals surface area contributed by atoms with E-state index in [9.17, 15) is 9.90 Å². The predicted octanol–water partition coefficient (Wildman–Crippen LogP) is 8.50. The van der Waals surface area contributed by atoms with E-state index < -0.39 is 5.97 Å². The number of halogens is 1. The Morgan fingerprint density at radius 3 is 2.51 bits per heavy atom. The fourth-order valence-electron chi connectivity index (χ4n) is 6.06. The lowest BCUT2D eigenvalue weighted by Gasteiger charge is -2.25. The molecule has 3 atom stereocenters. The van der Waals surface area contributed by atoms with E-state index >= 15 is 4.39 Å². The van der Waals surface area contributed by atoms with Crippen LogP contribution in [0.25, 0.3) is 16.7 Å². The van der Waals surface area contributed by atoms with Crippen molar-refractivity contribution in [1.29, 1.82) is 0 Å². The van der Waals surface area contributed by atoms with Gasteiger partial charge in [0.2, 0.25) is 0 Å². The van der Waals surface area contributed by atoms with Gasteiger partial charge in [-0.1, -0.05) is 51.1 Å². The fraction of sp³-hybridized carbons (Fsp3) is 0.382. The maximum absolute atomic E-state index is 15.1. The number of ether oxygens (including phenoxy) is 2. The van der Waals surface area contributed by atoms with Crippen LogP contribution < -0.4 is 9.47 Å². The van der Waals surface area contributed by atoms with Crippen molar-refractivity contribution in [3.05, 3.63) is 89.2 Å². The van der Waals surface area contributed by atoms with Crippen molar-refractivity contribution in [1.82, 2.24) is 0 Å². The highest BCUT2D eigenvalue weighted by atomic mass is 19.1. The molecule has 0 aliphatic heterocycles. The molecule has 2 aliphatic carbocycles. The Labute approximate surface area is 230 Å². The quantitative estimate of drug-likeness (QED) is 0.287. The number of aliphatic carboxylic acids is 1. The lowest BCUT2D eigenvalue weighted by atomic mass is 9.79. The number of allylic oxidation sites excluding steroid dienone is 2. The molecule has 0 saturated heterocycles. The molecule has 0 amide bonds. The van der Waals surface area contributed by atoms with Gasteiger partial charge in [0.1, 0.15) is 23.9 Å². The number of hydrogen-bond donors (Lipinski definition) is 1. The number of benzene rings is 3. The maximum Gasteiger partial charge on any atom is 0.303 e. The summed E-state index contributed by atoms with van der Waals surface area (Å²) in [5.41, 5.74) is 5.59. The molecule has 1 fully saturated rings. The number of methoxy groups -OCH3 is 1. The number of carbonyl (C=O) groups is 1. The maximum atomic E-state index is 15.1. The first-order valence-electron chi connectivity index (χ1n) is 13.8. The van der Waals surface area contributed by atoms with E-state index in [1.165, 1.54) is 11.6 Å². The summed E-state index contributed by atoms with van der Waals surface area (Å²) in [6, 6.07) is 18.8. The van der Waals surface area contributed by atoms with E-state index in [2.05, 4.69) is 32.9 Å². The Kier molecular flexibility index (Phi) is 7.53. The highest BCUT2D eigenvalue weighted by Gasteiger charge is 2.41. The highest BCUT2D eigenvalue weighted by Crippen LogP contribution is 2.50. The molecular weight excluding hydrogens is 491 g/mol. The Morgan fingerprint density at radius 1 is 1.05 bits per heavy atom. The van der Waals surface area contributed by atoms with Crippen LogP contribution in [0.5, 0.6) is 11.5 Å². The molecule has 0 aromatic heterocycles. The van der Waals surface area contributed by atoms with Crippen molar-refractivity contribution >= 4 is 11.5 Å². The predicted molar refractivity (Wildman–Crippen MR) is 152 cm³/mol. The molecule has 0 radical (unpaired) electrons. The van der Waals surface area contributed by atoms with E-state index in [1.54, 1.807) is 19.2 Å². The van der Waals surface area contributed by atoms with Crippen LogP contribution in [-0.2, 0) is 11.4 Å². The second-order valence-corrected chi connectivity index (χ2v) is 11.7. The van der Waals surface area contributed by atoms with E-state index in [-0.39, 0.29) is 23.6 Å². The zero-order chi connectivity index (χ0) is 27.7. The Bertz CT molecular complexity index is 1410. The van der Waals surface area contributed by atoms with Crippen LogP contribution in [0, 0.1) is 23.1 Å². The molecular formula is C34H37FO4. The molecule has 2 aliphatic rings. The van der Waals surface area contributed by atoms with Gasteiger partial charge < -0.3 is 14.6 Å². The topological polar surface area (TPSA) is 55.8 Å². The third-order valence-corrected chi connectivity index (χ3v) is 8.46. The Morgan fingerprint density at radius 2 is 1.85 bits per heavy atom. The summed E-state index contributed by atoms with van der Waals surface area (Å²) < 4.78 is 26.7. The summed E-state index contributed by atoms with van der Waals surface area (Å²) in [7, 11) is 1.59. The molecule has 1 N–H and O–H groups in total. The van der Waals surface area contributed by atoms with Gasteiger partial charge in [0.15, 0.2) is 0 Å². The first kappa shape index (κ1) is 27.0. The molecule has 0 bridgehead atoms. The van der Waals surface area contributed by atoms with Crippen LogP contribution in [0.2, 0.25) is 0 Å². The summed E-state index contributed by atoms with van der Waals surface area (Å²) in [6.45, 7) is 7.01. The van der Waals surface area contributed by atoms with Crippen LogP contribution >= 0.6 is 0 Å². The summed E-state index contributed by atoms with van der Waals surface area (Å²) in [5.74, 6) is 1.25. The summed E-state index contributed by atoms with van der Waals surface area (Å²) in [6.07, 6.45) is 5.51. The standard InChI is InChI=1S/C34H37FO4/c1-21-15-27(21)28(19-33(36)37)23-7-5-8-25(17-23)39-20-22-10-12-26(30-18-24(38-4)11-13-32(30)35)29(16-22)31-9-6-14-34(31,2)3/h5,7-13,16-18,21,27-28H,6,14-15,19-20H2,1-4H3,(H,36,37)/t21-,27+,28-/m0/s1. The van der Waals surface area contributed by atoms with Gasteiger partial charge in [-0.05, 0) is 107 Å². The van der Waals surface area contributed by atoms with Crippen molar-refractivity contribution in [2.24, 2.45) is 17.3 Å². The minimum atomic E-state index is -0.769. The van der Waals surface area contributed by atoms with Crippen LogP contribution in [0.3, 0.4) is 0 Å². The second kappa shape index (κ2) is 10.9. The van der Waals surface area contributed by atoms with Gasteiger partial charge in [-0.25, -0.2) is 4.39 Å². The molecule has 0 spiro atoms. The number of rotatable bonds is 10. The molecule has 5 rings (SSSR count). The third kappa shape index (κ3) is 5.88. The van der Waals surface area contributed by atoms with Gasteiger partial charge in [0.25, 0.3) is 0 Å². The molecule has 4 nitrogen and oxygen atoms in total. The first-order chi connectivity index (χ1) is 18.7. The average Bonchev–Trinajstić information content (AvgIpc) is 3.53. The van der Waals surface area contributed by atoms with Crippen LogP contribution in [-0.4, -0.2) is 18.2 Å². The first-order valence-corrected chi connectivity index (χ1v) is 13.8. The van der Waals surface area contributed by atoms with Gasteiger partial charge >= 0.3 is 5.97 Å². The number of carboxylic acids is 1. The molecule has 204 valence electrons. The van der Waals surface area contributed by atoms with E-state index in [0.717, 1.165) is 47.3 Å². The number of carboxylic acid groups (broad SMARTS) is 1. The zero-order valence-corrected chi connectivity index (χ0v) is 23.2. The minimum Gasteiger partial charge on any atom is -0.497 e. The molecule has 0 unspecified atom stereocenters. The smallest absolute Gasteiger partial charge is 0.303 e. The molecule has 1 saturated carbocycles.